The van der Waals surface area contributed by atoms with Crippen molar-refractivity contribution in [2.75, 3.05) is 10.6 Å². The number of nitrogens with one attached hydrogen (secondary N) is 2. The van der Waals surface area contributed by atoms with Gasteiger partial charge in [-0.2, -0.15) is 5.10 Å². The third-order valence-electron chi connectivity index (χ3n) is 4.30. The molecule has 25 heavy (non-hydrogen) atoms. The maximum atomic E-state index is 12.5. The summed E-state index contributed by atoms with van der Waals surface area (Å²) in [6.45, 7) is 0. The molecule has 0 radical (unpaired) electrons. The molecule has 1 amide bonds. The Morgan fingerprint density at radius 3 is 2.72 bits per heavy atom. The van der Waals surface area contributed by atoms with E-state index in [1.807, 2.05) is 49.6 Å². The van der Waals surface area contributed by atoms with Crippen molar-refractivity contribution in [1.82, 2.24) is 14.8 Å². The van der Waals surface area contributed by atoms with E-state index in [2.05, 4.69) is 20.7 Å². The number of aryl methyl sites for hydroxylation is 1. The zero-order valence-electron chi connectivity index (χ0n) is 13.7. The molecule has 3 aromatic rings. The van der Waals surface area contributed by atoms with Gasteiger partial charge < -0.3 is 16.4 Å². The molecule has 2 aromatic heterocycles. The van der Waals surface area contributed by atoms with Crippen LogP contribution in [0, 0.1) is 0 Å². The molecule has 0 spiro atoms. The molecule has 0 saturated heterocycles. The minimum Gasteiger partial charge on any atom is -0.355 e. The number of fused-ring (bicyclic) bond motifs is 1. The first-order valence-electron chi connectivity index (χ1n) is 7.99. The smallest absolute Gasteiger partial charge is 0.248 e. The van der Waals surface area contributed by atoms with Gasteiger partial charge in [-0.15, -0.1) is 0 Å². The average Bonchev–Trinajstić information content (AvgIpc) is 3.07. The lowest BCUT2D eigenvalue weighted by Crippen LogP contribution is -2.46. The van der Waals surface area contributed by atoms with Crippen molar-refractivity contribution in [3.05, 3.63) is 60.6 Å². The van der Waals surface area contributed by atoms with Gasteiger partial charge in [-0.3, -0.25) is 9.48 Å². The van der Waals surface area contributed by atoms with E-state index < -0.39 is 12.1 Å². The van der Waals surface area contributed by atoms with Gasteiger partial charge in [0, 0.05) is 30.6 Å². The molecule has 0 bridgehead atoms. The van der Waals surface area contributed by atoms with E-state index in [9.17, 15) is 4.79 Å². The summed E-state index contributed by atoms with van der Waals surface area (Å²) in [4.78, 5) is 17.0. The Hall–Kier alpha value is -3.19. The Morgan fingerprint density at radius 2 is 2.00 bits per heavy atom. The third-order valence-corrected chi connectivity index (χ3v) is 4.30. The summed E-state index contributed by atoms with van der Waals surface area (Å²) < 4.78 is 1.72. The van der Waals surface area contributed by atoms with Crippen LogP contribution in [0.3, 0.4) is 0 Å². The molecule has 2 atom stereocenters. The highest BCUT2D eigenvalue weighted by Gasteiger charge is 2.32. The predicted molar refractivity (Wildman–Crippen MR) is 95.8 cm³/mol. The number of nitrogens with zero attached hydrogens (tertiary/aromatic N) is 3. The number of carbonyl (C=O) groups is 1. The van der Waals surface area contributed by atoms with Gasteiger partial charge in [0.2, 0.25) is 5.91 Å². The SMILES string of the molecule is Cn1cc(-c2cnc3c(c2)NC(=O)[C@@H]([C@@H](N)c2ccccc2)N3)cn1. The predicted octanol–water partition coefficient (Wildman–Crippen LogP) is 1.91. The molecule has 1 aliphatic heterocycles. The number of nitrogens with two attached hydrogens (primary N) is 1. The van der Waals surface area contributed by atoms with Gasteiger partial charge in [0.25, 0.3) is 0 Å². The molecule has 7 nitrogen and oxygen atoms in total. The van der Waals surface area contributed by atoms with Crippen LogP contribution in [-0.2, 0) is 11.8 Å². The van der Waals surface area contributed by atoms with E-state index in [1.54, 1.807) is 17.1 Å². The van der Waals surface area contributed by atoms with Gasteiger partial charge in [0.05, 0.1) is 17.9 Å². The Balaban J connectivity index is 1.62. The zero-order valence-corrected chi connectivity index (χ0v) is 13.7. The summed E-state index contributed by atoms with van der Waals surface area (Å²) in [6, 6.07) is 10.4. The van der Waals surface area contributed by atoms with E-state index in [0.717, 1.165) is 16.7 Å². The number of aromatic nitrogens is 3. The number of hydrogen-bond acceptors (Lipinski definition) is 5. The Bertz CT molecular complexity index is 920. The van der Waals surface area contributed by atoms with Crippen LogP contribution in [0.1, 0.15) is 11.6 Å². The molecule has 4 rings (SSSR count). The monoisotopic (exact) mass is 334 g/mol. The summed E-state index contributed by atoms with van der Waals surface area (Å²) >= 11 is 0. The molecule has 4 N–H and O–H groups in total. The Morgan fingerprint density at radius 1 is 1.20 bits per heavy atom. The fraction of sp³-hybridized carbons (Fsp3) is 0.167. The molecule has 3 heterocycles. The van der Waals surface area contributed by atoms with Gasteiger partial charge >= 0.3 is 0 Å². The fourth-order valence-electron chi connectivity index (χ4n) is 2.95. The summed E-state index contributed by atoms with van der Waals surface area (Å²) in [5.74, 6) is 0.442. The standard InChI is InChI=1S/C18H18N6O/c1-24-10-13(9-21-24)12-7-14-17(20-8-12)23-16(18(25)22-14)15(19)11-5-3-2-4-6-11/h2-10,15-16H,19H2,1H3,(H,20,23)(H,22,25)/t15-,16+/m0/s1. The average molecular weight is 334 g/mol. The van der Waals surface area contributed by atoms with Gasteiger partial charge in [-0.25, -0.2) is 4.98 Å². The van der Waals surface area contributed by atoms with Gasteiger partial charge in [-0.1, -0.05) is 30.3 Å². The first-order chi connectivity index (χ1) is 12.1. The number of benzene rings is 1. The van der Waals surface area contributed by atoms with Crippen molar-refractivity contribution in [3.63, 3.8) is 0 Å². The van der Waals surface area contributed by atoms with E-state index >= 15 is 0 Å². The van der Waals surface area contributed by atoms with Gasteiger partial charge in [-0.05, 0) is 11.6 Å². The lowest BCUT2D eigenvalue weighted by molar-refractivity contribution is -0.117. The number of carbonyl (C=O) groups excluding carboxylic acids is 1. The molecule has 7 heteroatoms. The number of anilines is 2. The van der Waals surface area contributed by atoms with Crippen molar-refractivity contribution in [3.8, 4) is 11.1 Å². The van der Waals surface area contributed by atoms with Crippen molar-refractivity contribution >= 4 is 17.4 Å². The van der Waals surface area contributed by atoms with Crippen LogP contribution in [-0.4, -0.2) is 26.7 Å². The Labute approximate surface area is 144 Å². The van der Waals surface area contributed by atoms with E-state index in [1.165, 1.54) is 0 Å². The number of hydrogen-bond donors (Lipinski definition) is 3. The molecule has 0 unspecified atom stereocenters. The molecular formula is C18H18N6O. The maximum absolute atomic E-state index is 12.5. The second kappa shape index (κ2) is 6.03. The molecule has 1 aliphatic rings. The molecule has 126 valence electrons. The molecule has 0 saturated carbocycles. The second-order valence-electron chi connectivity index (χ2n) is 6.07. The van der Waals surface area contributed by atoms with Crippen LogP contribution >= 0.6 is 0 Å². The number of pyridine rings is 1. The van der Waals surface area contributed by atoms with E-state index in [-0.39, 0.29) is 5.91 Å². The summed E-state index contributed by atoms with van der Waals surface area (Å²) in [7, 11) is 1.86. The largest absolute Gasteiger partial charge is 0.355 e. The molecule has 0 fully saturated rings. The zero-order chi connectivity index (χ0) is 17.4. The highest BCUT2D eigenvalue weighted by Crippen LogP contribution is 2.31. The lowest BCUT2D eigenvalue weighted by Gasteiger charge is -2.30. The van der Waals surface area contributed by atoms with Crippen LogP contribution in [0.2, 0.25) is 0 Å². The summed E-state index contributed by atoms with van der Waals surface area (Å²) in [5, 5.41) is 10.2. The van der Waals surface area contributed by atoms with Crippen LogP contribution < -0.4 is 16.4 Å². The minimum absolute atomic E-state index is 0.172. The van der Waals surface area contributed by atoms with E-state index in [0.29, 0.717) is 11.5 Å². The van der Waals surface area contributed by atoms with Crippen molar-refractivity contribution in [2.45, 2.75) is 12.1 Å². The molecule has 0 aliphatic carbocycles. The summed E-state index contributed by atoms with van der Waals surface area (Å²) in [5.41, 5.74) is 9.64. The second-order valence-corrected chi connectivity index (χ2v) is 6.07. The van der Waals surface area contributed by atoms with Crippen LogP contribution in [0.25, 0.3) is 11.1 Å². The third kappa shape index (κ3) is 2.85. The first kappa shape index (κ1) is 15.3. The van der Waals surface area contributed by atoms with Gasteiger partial charge in [0.1, 0.15) is 6.04 Å². The normalized spacial score (nSPS) is 17.4. The highest BCUT2D eigenvalue weighted by atomic mass is 16.2. The maximum Gasteiger partial charge on any atom is 0.248 e. The van der Waals surface area contributed by atoms with Crippen molar-refractivity contribution < 1.29 is 4.79 Å². The minimum atomic E-state index is -0.577. The fourth-order valence-corrected chi connectivity index (χ4v) is 2.95. The van der Waals surface area contributed by atoms with Crippen LogP contribution in [0.5, 0.6) is 0 Å². The Kier molecular flexibility index (Phi) is 3.70. The first-order valence-corrected chi connectivity index (χ1v) is 7.99. The van der Waals surface area contributed by atoms with Crippen LogP contribution in [0.15, 0.2) is 55.0 Å². The quantitative estimate of drug-likeness (QED) is 0.680. The van der Waals surface area contributed by atoms with Crippen LogP contribution in [0.4, 0.5) is 11.5 Å². The molecular weight excluding hydrogens is 316 g/mol. The van der Waals surface area contributed by atoms with Crippen molar-refractivity contribution in [2.24, 2.45) is 12.8 Å². The number of amides is 1. The number of rotatable bonds is 3. The molecule has 1 aromatic carbocycles. The highest BCUT2D eigenvalue weighted by molar-refractivity contribution is 6.03. The topological polar surface area (TPSA) is 97.9 Å². The van der Waals surface area contributed by atoms with Gasteiger partial charge in [0.15, 0.2) is 5.82 Å². The lowest BCUT2D eigenvalue weighted by atomic mass is 9.98. The van der Waals surface area contributed by atoms with E-state index in [4.69, 9.17) is 5.73 Å². The van der Waals surface area contributed by atoms with Crippen molar-refractivity contribution in [1.29, 1.82) is 0 Å². The summed E-state index contributed by atoms with van der Waals surface area (Å²) in [6.07, 6.45) is 5.41.